The minimum atomic E-state index is -1.02. The van der Waals surface area contributed by atoms with Crippen LogP contribution < -0.4 is 0 Å². The van der Waals surface area contributed by atoms with E-state index in [2.05, 4.69) is 22.6 Å². The van der Waals surface area contributed by atoms with E-state index in [-0.39, 0.29) is 22.9 Å². The molecule has 1 amide bonds. The molecule has 6 heteroatoms. The van der Waals surface area contributed by atoms with E-state index in [9.17, 15) is 9.59 Å². The molecule has 2 rings (SSSR count). The number of thioether (sulfide) groups is 1. The number of hydrogen-bond acceptors (Lipinski definition) is 3. The number of hydrogen-bond donors (Lipinski definition) is 1. The summed E-state index contributed by atoms with van der Waals surface area (Å²) in [5, 5.41) is 8.92. The summed E-state index contributed by atoms with van der Waals surface area (Å²) < 4.78 is 0.862. The summed E-state index contributed by atoms with van der Waals surface area (Å²) >= 11 is 3.81. The number of halogens is 1. The molecule has 4 nitrogen and oxygen atoms in total. The first-order valence-corrected chi connectivity index (χ1v) is 7.35. The SMILES string of the molecule is O=C(O)C1=CCS[C@@H]2C(C=CCI)C(=O)N12. The van der Waals surface area contributed by atoms with Crippen molar-refractivity contribution >= 4 is 46.2 Å². The fourth-order valence-corrected chi connectivity index (χ4v) is 3.34. The van der Waals surface area contributed by atoms with Gasteiger partial charge in [0.2, 0.25) is 5.91 Å². The Kier molecular flexibility index (Phi) is 3.58. The molecular weight excluding hydrogens is 341 g/mol. The van der Waals surface area contributed by atoms with E-state index < -0.39 is 5.97 Å². The molecule has 2 atom stereocenters. The molecule has 86 valence electrons. The zero-order chi connectivity index (χ0) is 11.7. The molecule has 0 saturated carbocycles. The van der Waals surface area contributed by atoms with Crippen molar-refractivity contribution in [1.82, 2.24) is 4.90 Å². The average Bonchev–Trinajstić information content (AvgIpc) is 2.28. The van der Waals surface area contributed by atoms with Crippen LogP contribution in [-0.2, 0) is 9.59 Å². The summed E-state index contributed by atoms with van der Waals surface area (Å²) in [5.41, 5.74) is 0.132. The highest BCUT2D eigenvalue weighted by Crippen LogP contribution is 2.41. The number of allylic oxidation sites excluding steroid dienone is 1. The van der Waals surface area contributed by atoms with Crippen molar-refractivity contribution in [2.45, 2.75) is 5.37 Å². The van der Waals surface area contributed by atoms with Gasteiger partial charge in [-0.1, -0.05) is 34.7 Å². The third kappa shape index (κ3) is 1.88. The second-order valence-electron chi connectivity index (χ2n) is 3.43. The first kappa shape index (κ1) is 12.0. The maximum absolute atomic E-state index is 11.8. The van der Waals surface area contributed by atoms with Gasteiger partial charge in [-0.25, -0.2) is 4.79 Å². The van der Waals surface area contributed by atoms with Gasteiger partial charge in [0.1, 0.15) is 5.70 Å². The second-order valence-corrected chi connectivity index (χ2v) is 5.47. The van der Waals surface area contributed by atoms with Crippen LogP contribution in [0, 0.1) is 5.92 Å². The second kappa shape index (κ2) is 4.79. The van der Waals surface area contributed by atoms with Crippen molar-refractivity contribution < 1.29 is 14.7 Å². The standard InChI is InChI=1S/C10H10INO3S/c11-4-1-2-6-8(13)12-7(10(14)15)3-5-16-9(6)12/h1-3,6,9H,4-5H2,(H,14,15)/t6?,9-/m1/s1. The van der Waals surface area contributed by atoms with Crippen molar-refractivity contribution in [3.63, 3.8) is 0 Å². The average molecular weight is 351 g/mol. The van der Waals surface area contributed by atoms with Crippen LogP contribution in [0.25, 0.3) is 0 Å². The summed E-state index contributed by atoms with van der Waals surface area (Å²) in [5.74, 6) is -0.616. The molecule has 16 heavy (non-hydrogen) atoms. The maximum atomic E-state index is 11.8. The molecule has 0 bridgehead atoms. The molecule has 1 saturated heterocycles. The van der Waals surface area contributed by atoms with E-state index in [4.69, 9.17) is 5.11 Å². The summed E-state index contributed by atoms with van der Waals surface area (Å²) in [6, 6.07) is 0. The van der Waals surface area contributed by atoms with Crippen LogP contribution in [0.3, 0.4) is 0 Å². The highest BCUT2D eigenvalue weighted by molar-refractivity contribution is 14.1. The number of rotatable bonds is 3. The zero-order valence-electron chi connectivity index (χ0n) is 8.30. The van der Waals surface area contributed by atoms with Gasteiger partial charge in [-0.05, 0) is 6.08 Å². The summed E-state index contributed by atoms with van der Waals surface area (Å²) in [7, 11) is 0. The molecule has 1 unspecified atom stereocenters. The van der Waals surface area contributed by atoms with Crippen molar-refractivity contribution in [2.24, 2.45) is 5.92 Å². The number of carbonyl (C=O) groups excluding carboxylic acids is 1. The third-order valence-corrected chi connectivity index (χ3v) is 4.25. The van der Waals surface area contributed by atoms with Crippen LogP contribution in [0.15, 0.2) is 23.9 Å². The molecule has 2 aliphatic heterocycles. The number of carboxylic acid groups (broad SMARTS) is 1. The van der Waals surface area contributed by atoms with Gasteiger partial charge in [-0.2, -0.15) is 0 Å². The quantitative estimate of drug-likeness (QED) is 0.362. The molecule has 2 aliphatic rings. The van der Waals surface area contributed by atoms with Gasteiger partial charge in [-0.15, -0.1) is 11.8 Å². The molecular formula is C10H10INO3S. The Morgan fingerprint density at radius 3 is 3.12 bits per heavy atom. The van der Waals surface area contributed by atoms with Crippen molar-refractivity contribution in [2.75, 3.05) is 10.2 Å². The minimum absolute atomic E-state index is 0.0252. The van der Waals surface area contributed by atoms with Crippen LogP contribution in [0.4, 0.5) is 0 Å². The number of alkyl halides is 1. The number of nitrogens with zero attached hydrogens (tertiary/aromatic N) is 1. The number of carboxylic acids is 1. The Morgan fingerprint density at radius 1 is 1.75 bits per heavy atom. The summed E-state index contributed by atoms with van der Waals surface area (Å²) in [6.45, 7) is 0. The van der Waals surface area contributed by atoms with Crippen LogP contribution in [-0.4, -0.2) is 37.4 Å². The van der Waals surface area contributed by atoms with Crippen LogP contribution in [0.1, 0.15) is 0 Å². The predicted molar refractivity (Wildman–Crippen MR) is 70.3 cm³/mol. The number of amides is 1. The monoisotopic (exact) mass is 351 g/mol. The van der Waals surface area contributed by atoms with Crippen LogP contribution in [0.2, 0.25) is 0 Å². The van der Waals surface area contributed by atoms with E-state index in [1.165, 1.54) is 4.90 Å². The van der Waals surface area contributed by atoms with Gasteiger partial charge < -0.3 is 5.11 Å². The van der Waals surface area contributed by atoms with Crippen molar-refractivity contribution in [3.8, 4) is 0 Å². The Bertz CT molecular complexity index is 394. The lowest BCUT2D eigenvalue weighted by molar-refractivity contribution is -0.149. The maximum Gasteiger partial charge on any atom is 0.352 e. The normalized spacial score (nSPS) is 28.7. The Morgan fingerprint density at radius 2 is 2.50 bits per heavy atom. The number of aliphatic carboxylic acids is 1. The largest absolute Gasteiger partial charge is 0.477 e. The molecule has 0 spiro atoms. The van der Waals surface area contributed by atoms with Gasteiger partial charge >= 0.3 is 5.97 Å². The molecule has 0 aromatic rings. The minimum Gasteiger partial charge on any atom is -0.477 e. The van der Waals surface area contributed by atoms with E-state index in [0.29, 0.717) is 5.75 Å². The van der Waals surface area contributed by atoms with E-state index in [1.54, 1.807) is 17.8 Å². The van der Waals surface area contributed by atoms with Crippen LogP contribution in [0.5, 0.6) is 0 Å². The van der Waals surface area contributed by atoms with E-state index >= 15 is 0 Å². The lowest BCUT2D eigenvalue weighted by Gasteiger charge is -2.47. The lowest BCUT2D eigenvalue weighted by atomic mass is 9.96. The topological polar surface area (TPSA) is 57.6 Å². The third-order valence-electron chi connectivity index (χ3n) is 2.54. The lowest BCUT2D eigenvalue weighted by Crippen LogP contribution is -2.60. The molecule has 2 heterocycles. The molecule has 1 N–H and O–H groups in total. The Balaban J connectivity index is 2.16. The molecule has 0 aliphatic carbocycles. The Labute approximate surface area is 111 Å². The highest BCUT2D eigenvalue weighted by Gasteiger charge is 2.50. The smallest absolute Gasteiger partial charge is 0.352 e. The van der Waals surface area contributed by atoms with Crippen molar-refractivity contribution in [3.05, 3.63) is 23.9 Å². The van der Waals surface area contributed by atoms with Gasteiger partial charge in [0.05, 0.1) is 11.3 Å². The zero-order valence-corrected chi connectivity index (χ0v) is 11.3. The van der Waals surface area contributed by atoms with Gasteiger partial charge in [0.15, 0.2) is 0 Å². The van der Waals surface area contributed by atoms with E-state index in [0.717, 1.165) is 4.43 Å². The fourth-order valence-electron chi connectivity index (χ4n) is 1.81. The van der Waals surface area contributed by atoms with Gasteiger partial charge in [0, 0.05) is 10.2 Å². The van der Waals surface area contributed by atoms with Crippen LogP contribution >= 0.6 is 34.4 Å². The number of β-lactam (4-membered cyclic amide) rings is 1. The number of fused-ring (bicyclic) bond motifs is 1. The fraction of sp³-hybridized carbons (Fsp3) is 0.400. The Hall–Kier alpha value is -0.500. The summed E-state index contributed by atoms with van der Waals surface area (Å²) in [4.78, 5) is 24.1. The van der Waals surface area contributed by atoms with Crippen molar-refractivity contribution in [1.29, 1.82) is 0 Å². The molecule has 0 radical (unpaired) electrons. The predicted octanol–water partition coefficient (Wildman–Crippen LogP) is 1.48. The number of carbonyl (C=O) groups is 2. The first-order valence-electron chi connectivity index (χ1n) is 4.77. The van der Waals surface area contributed by atoms with Gasteiger partial charge in [0.25, 0.3) is 0 Å². The molecule has 1 fully saturated rings. The molecule has 0 aromatic carbocycles. The van der Waals surface area contributed by atoms with Gasteiger partial charge in [-0.3, -0.25) is 9.69 Å². The summed E-state index contributed by atoms with van der Waals surface area (Å²) in [6.07, 6.45) is 5.42. The highest BCUT2D eigenvalue weighted by atomic mass is 127. The molecule has 0 aromatic heterocycles. The first-order chi connectivity index (χ1) is 7.66. The van der Waals surface area contributed by atoms with E-state index in [1.807, 2.05) is 12.2 Å².